The SMILES string of the molecule is Cc1ccc(NC(=O)C2CCCC2)cc1[N+](=O)[O-]. The van der Waals surface area contributed by atoms with Gasteiger partial charge >= 0.3 is 0 Å². The molecule has 0 radical (unpaired) electrons. The van der Waals surface area contributed by atoms with Crippen molar-refractivity contribution in [3.8, 4) is 0 Å². The lowest BCUT2D eigenvalue weighted by Crippen LogP contribution is -2.20. The average molecular weight is 248 g/mol. The molecule has 0 heterocycles. The van der Waals surface area contributed by atoms with Gasteiger partial charge in [0.1, 0.15) is 0 Å². The third kappa shape index (κ3) is 2.67. The topological polar surface area (TPSA) is 72.2 Å². The van der Waals surface area contributed by atoms with E-state index in [4.69, 9.17) is 0 Å². The van der Waals surface area contributed by atoms with Crippen molar-refractivity contribution >= 4 is 17.3 Å². The summed E-state index contributed by atoms with van der Waals surface area (Å²) < 4.78 is 0. The van der Waals surface area contributed by atoms with Crippen LogP contribution in [-0.4, -0.2) is 10.8 Å². The van der Waals surface area contributed by atoms with Crippen LogP contribution in [0, 0.1) is 23.0 Å². The van der Waals surface area contributed by atoms with Gasteiger partial charge in [-0.25, -0.2) is 0 Å². The van der Waals surface area contributed by atoms with Crippen molar-refractivity contribution in [3.63, 3.8) is 0 Å². The molecule has 0 atom stereocenters. The van der Waals surface area contributed by atoms with Gasteiger partial charge in [-0.1, -0.05) is 18.9 Å². The molecule has 5 nitrogen and oxygen atoms in total. The highest BCUT2D eigenvalue weighted by Crippen LogP contribution is 2.27. The lowest BCUT2D eigenvalue weighted by molar-refractivity contribution is -0.385. The van der Waals surface area contributed by atoms with Crippen LogP contribution in [0.3, 0.4) is 0 Å². The number of amides is 1. The fourth-order valence-electron chi connectivity index (χ4n) is 2.32. The second-order valence-corrected chi connectivity index (χ2v) is 4.73. The van der Waals surface area contributed by atoms with Crippen molar-refractivity contribution in [2.24, 2.45) is 5.92 Å². The molecule has 96 valence electrons. The van der Waals surface area contributed by atoms with Gasteiger partial charge in [-0.3, -0.25) is 14.9 Å². The van der Waals surface area contributed by atoms with E-state index in [9.17, 15) is 14.9 Å². The number of aryl methyl sites for hydroxylation is 1. The van der Waals surface area contributed by atoms with Crippen LogP contribution in [0.15, 0.2) is 18.2 Å². The summed E-state index contributed by atoms with van der Waals surface area (Å²) in [6.07, 6.45) is 4.01. The van der Waals surface area contributed by atoms with E-state index in [-0.39, 0.29) is 17.5 Å². The van der Waals surface area contributed by atoms with Gasteiger partial charge < -0.3 is 5.32 Å². The first-order chi connectivity index (χ1) is 8.58. The van der Waals surface area contributed by atoms with E-state index in [1.54, 1.807) is 19.1 Å². The zero-order valence-electron chi connectivity index (χ0n) is 10.3. The zero-order valence-corrected chi connectivity index (χ0v) is 10.3. The Bertz CT molecular complexity index is 479. The van der Waals surface area contributed by atoms with Crippen molar-refractivity contribution in [3.05, 3.63) is 33.9 Å². The van der Waals surface area contributed by atoms with Gasteiger partial charge in [-0.05, 0) is 25.8 Å². The van der Waals surface area contributed by atoms with Gasteiger partial charge in [-0.2, -0.15) is 0 Å². The second-order valence-electron chi connectivity index (χ2n) is 4.73. The molecule has 1 aromatic carbocycles. The van der Waals surface area contributed by atoms with E-state index in [0.717, 1.165) is 25.7 Å². The lowest BCUT2D eigenvalue weighted by atomic mass is 10.1. The van der Waals surface area contributed by atoms with Crippen LogP contribution >= 0.6 is 0 Å². The molecule has 1 aliphatic carbocycles. The Kier molecular flexibility index (Phi) is 3.60. The summed E-state index contributed by atoms with van der Waals surface area (Å²) in [5.41, 5.74) is 1.14. The van der Waals surface area contributed by atoms with Crippen molar-refractivity contribution in [2.75, 3.05) is 5.32 Å². The summed E-state index contributed by atoms with van der Waals surface area (Å²) in [6.45, 7) is 1.68. The minimum atomic E-state index is -0.430. The van der Waals surface area contributed by atoms with E-state index < -0.39 is 4.92 Å². The smallest absolute Gasteiger partial charge is 0.274 e. The highest BCUT2D eigenvalue weighted by atomic mass is 16.6. The quantitative estimate of drug-likeness (QED) is 0.660. The first kappa shape index (κ1) is 12.5. The van der Waals surface area contributed by atoms with E-state index in [2.05, 4.69) is 5.32 Å². The summed E-state index contributed by atoms with van der Waals surface area (Å²) >= 11 is 0. The summed E-state index contributed by atoms with van der Waals surface area (Å²) in [6, 6.07) is 4.78. The maximum Gasteiger partial charge on any atom is 0.274 e. The summed E-state index contributed by atoms with van der Waals surface area (Å²) in [5.74, 6) is 0.0380. The Labute approximate surface area is 105 Å². The number of hydrogen-bond donors (Lipinski definition) is 1. The van der Waals surface area contributed by atoms with Crippen LogP contribution in [0.1, 0.15) is 31.2 Å². The maximum absolute atomic E-state index is 11.9. The van der Waals surface area contributed by atoms with Crippen molar-refractivity contribution in [1.82, 2.24) is 0 Å². The molecule has 2 rings (SSSR count). The van der Waals surface area contributed by atoms with Crippen LogP contribution in [0.4, 0.5) is 11.4 Å². The van der Waals surface area contributed by atoms with E-state index in [1.165, 1.54) is 6.07 Å². The summed E-state index contributed by atoms with van der Waals surface area (Å²) in [5, 5.41) is 13.6. The second kappa shape index (κ2) is 5.16. The predicted molar refractivity (Wildman–Crippen MR) is 68.4 cm³/mol. The number of nitro groups is 1. The van der Waals surface area contributed by atoms with Crippen LogP contribution in [0.25, 0.3) is 0 Å². The van der Waals surface area contributed by atoms with Crippen LogP contribution < -0.4 is 5.32 Å². The molecule has 1 aromatic rings. The first-order valence-electron chi connectivity index (χ1n) is 6.14. The molecular weight excluding hydrogens is 232 g/mol. The molecule has 0 aromatic heterocycles. The maximum atomic E-state index is 11.9. The standard InChI is InChI=1S/C13H16N2O3/c1-9-6-7-11(8-12(9)15(17)18)14-13(16)10-4-2-3-5-10/h6-8,10H,2-5H2,1H3,(H,14,16). The number of nitro benzene ring substituents is 1. The monoisotopic (exact) mass is 248 g/mol. The van der Waals surface area contributed by atoms with Gasteiger partial charge in [0.25, 0.3) is 5.69 Å². The number of anilines is 1. The summed E-state index contributed by atoms with van der Waals surface area (Å²) in [4.78, 5) is 22.3. The Morgan fingerprint density at radius 3 is 2.67 bits per heavy atom. The normalized spacial score (nSPS) is 15.6. The Morgan fingerprint density at radius 1 is 1.39 bits per heavy atom. The number of benzene rings is 1. The Balaban J connectivity index is 2.11. The molecule has 5 heteroatoms. The molecule has 0 spiro atoms. The lowest BCUT2D eigenvalue weighted by Gasteiger charge is -2.10. The third-order valence-corrected chi connectivity index (χ3v) is 3.40. The van der Waals surface area contributed by atoms with Crippen LogP contribution in [-0.2, 0) is 4.79 Å². The van der Waals surface area contributed by atoms with Crippen molar-refractivity contribution < 1.29 is 9.72 Å². The Hall–Kier alpha value is -1.91. The Morgan fingerprint density at radius 2 is 2.06 bits per heavy atom. The van der Waals surface area contributed by atoms with Gasteiger partial charge in [0.15, 0.2) is 0 Å². The first-order valence-corrected chi connectivity index (χ1v) is 6.14. The molecule has 1 saturated carbocycles. The van der Waals surface area contributed by atoms with E-state index in [0.29, 0.717) is 11.3 Å². The fourth-order valence-corrected chi connectivity index (χ4v) is 2.32. The minimum Gasteiger partial charge on any atom is -0.326 e. The number of nitrogens with zero attached hydrogens (tertiary/aromatic N) is 1. The molecule has 0 aliphatic heterocycles. The van der Waals surface area contributed by atoms with E-state index in [1.807, 2.05) is 0 Å². The van der Waals surface area contributed by atoms with Gasteiger partial charge in [0, 0.05) is 23.2 Å². The molecule has 1 N–H and O–H groups in total. The summed E-state index contributed by atoms with van der Waals surface area (Å²) in [7, 11) is 0. The largest absolute Gasteiger partial charge is 0.326 e. The molecule has 1 fully saturated rings. The number of nitrogens with one attached hydrogen (secondary N) is 1. The molecule has 0 saturated heterocycles. The van der Waals surface area contributed by atoms with Gasteiger partial charge in [-0.15, -0.1) is 0 Å². The zero-order chi connectivity index (χ0) is 13.1. The number of rotatable bonds is 3. The molecule has 0 bridgehead atoms. The average Bonchev–Trinajstić information content (AvgIpc) is 2.85. The van der Waals surface area contributed by atoms with Crippen molar-refractivity contribution in [1.29, 1.82) is 0 Å². The van der Waals surface area contributed by atoms with Gasteiger partial charge in [0.2, 0.25) is 5.91 Å². The molecular formula is C13H16N2O3. The number of carbonyl (C=O) groups excluding carboxylic acids is 1. The van der Waals surface area contributed by atoms with Gasteiger partial charge in [0.05, 0.1) is 4.92 Å². The highest BCUT2D eigenvalue weighted by Gasteiger charge is 2.23. The number of hydrogen-bond acceptors (Lipinski definition) is 3. The number of carbonyl (C=O) groups is 1. The molecule has 18 heavy (non-hydrogen) atoms. The van der Waals surface area contributed by atoms with Crippen LogP contribution in [0.5, 0.6) is 0 Å². The predicted octanol–water partition coefficient (Wildman–Crippen LogP) is 3.03. The molecule has 1 aliphatic rings. The van der Waals surface area contributed by atoms with E-state index >= 15 is 0 Å². The fraction of sp³-hybridized carbons (Fsp3) is 0.462. The molecule has 0 unspecified atom stereocenters. The highest BCUT2D eigenvalue weighted by molar-refractivity contribution is 5.93. The third-order valence-electron chi connectivity index (χ3n) is 3.40. The van der Waals surface area contributed by atoms with Crippen LogP contribution in [0.2, 0.25) is 0 Å². The van der Waals surface area contributed by atoms with Crippen molar-refractivity contribution in [2.45, 2.75) is 32.6 Å². The minimum absolute atomic E-state index is 0.0225. The molecule has 1 amide bonds.